The Morgan fingerprint density at radius 2 is 2.05 bits per heavy atom. The van der Waals surface area contributed by atoms with Crippen molar-refractivity contribution in [1.29, 1.82) is 0 Å². The number of nitrogens with zero attached hydrogens (tertiary/aromatic N) is 6. The highest BCUT2D eigenvalue weighted by Crippen LogP contribution is 2.22. The van der Waals surface area contributed by atoms with Crippen LogP contribution in [0.2, 0.25) is 0 Å². The Hall–Kier alpha value is -3.02. The molecular weight excluding hydrogens is 276 g/mol. The number of hydrogen-bond donors (Lipinski definition) is 0. The van der Waals surface area contributed by atoms with E-state index in [2.05, 4.69) is 33.2 Å². The minimum Gasteiger partial charge on any atom is -0.264 e. The fourth-order valence-corrected chi connectivity index (χ4v) is 2.38. The molecule has 0 aliphatic heterocycles. The lowest BCUT2D eigenvalue weighted by molar-refractivity contribution is 0.783. The summed E-state index contributed by atoms with van der Waals surface area (Å²) >= 11 is 0. The average molecular weight is 290 g/mol. The van der Waals surface area contributed by atoms with Gasteiger partial charge < -0.3 is 0 Å². The SMILES string of the molecule is CCc1cc(-c2cccnc2)n(-c2nc3ccccn3n2)n1. The first-order chi connectivity index (χ1) is 10.8. The number of aromatic nitrogens is 6. The molecule has 0 aliphatic rings. The van der Waals surface area contributed by atoms with Crippen LogP contribution in [0.5, 0.6) is 0 Å². The normalized spacial score (nSPS) is 11.1. The maximum atomic E-state index is 4.62. The van der Waals surface area contributed by atoms with Gasteiger partial charge in [-0.15, -0.1) is 5.10 Å². The van der Waals surface area contributed by atoms with Crippen molar-refractivity contribution in [2.45, 2.75) is 13.3 Å². The summed E-state index contributed by atoms with van der Waals surface area (Å²) in [4.78, 5) is 8.74. The molecular formula is C16H14N6. The summed E-state index contributed by atoms with van der Waals surface area (Å²) in [6, 6.07) is 11.8. The molecule has 0 atom stereocenters. The third-order valence-corrected chi connectivity index (χ3v) is 3.50. The van der Waals surface area contributed by atoms with Gasteiger partial charge in [0.2, 0.25) is 0 Å². The van der Waals surface area contributed by atoms with Gasteiger partial charge in [-0.25, -0.2) is 4.52 Å². The van der Waals surface area contributed by atoms with E-state index in [0.29, 0.717) is 5.95 Å². The summed E-state index contributed by atoms with van der Waals surface area (Å²) in [6.07, 6.45) is 6.31. The van der Waals surface area contributed by atoms with Crippen LogP contribution in [0.25, 0.3) is 22.9 Å². The summed E-state index contributed by atoms with van der Waals surface area (Å²) in [5.74, 6) is 0.560. The van der Waals surface area contributed by atoms with E-state index in [0.717, 1.165) is 29.0 Å². The largest absolute Gasteiger partial charge is 0.270 e. The molecule has 0 bridgehead atoms. The van der Waals surface area contributed by atoms with E-state index in [1.54, 1.807) is 15.4 Å². The van der Waals surface area contributed by atoms with Crippen LogP contribution < -0.4 is 0 Å². The number of hydrogen-bond acceptors (Lipinski definition) is 4. The monoisotopic (exact) mass is 290 g/mol. The van der Waals surface area contributed by atoms with Gasteiger partial charge in [0.25, 0.3) is 5.95 Å². The molecule has 4 aromatic heterocycles. The van der Waals surface area contributed by atoms with Crippen LogP contribution >= 0.6 is 0 Å². The number of rotatable bonds is 3. The van der Waals surface area contributed by atoms with Crippen LogP contribution in [0.4, 0.5) is 0 Å². The fraction of sp³-hybridized carbons (Fsp3) is 0.125. The minimum absolute atomic E-state index is 0.560. The van der Waals surface area contributed by atoms with Crippen LogP contribution in [0.15, 0.2) is 55.0 Å². The van der Waals surface area contributed by atoms with Crippen LogP contribution in [0, 0.1) is 0 Å². The maximum Gasteiger partial charge on any atom is 0.270 e. The lowest BCUT2D eigenvalue weighted by Crippen LogP contribution is -2.02. The molecule has 22 heavy (non-hydrogen) atoms. The maximum absolute atomic E-state index is 4.62. The number of aryl methyl sites for hydroxylation is 1. The van der Waals surface area contributed by atoms with Gasteiger partial charge >= 0.3 is 0 Å². The highest BCUT2D eigenvalue weighted by atomic mass is 15.4. The fourth-order valence-electron chi connectivity index (χ4n) is 2.38. The molecule has 6 heteroatoms. The molecule has 4 aromatic rings. The van der Waals surface area contributed by atoms with Crippen molar-refractivity contribution in [3.63, 3.8) is 0 Å². The Kier molecular flexibility index (Phi) is 2.93. The Balaban J connectivity index is 1.92. The van der Waals surface area contributed by atoms with Crippen molar-refractivity contribution in [2.75, 3.05) is 0 Å². The van der Waals surface area contributed by atoms with Gasteiger partial charge in [-0.2, -0.15) is 14.8 Å². The van der Waals surface area contributed by atoms with Crippen molar-refractivity contribution in [1.82, 2.24) is 29.4 Å². The third kappa shape index (κ3) is 2.05. The molecule has 4 rings (SSSR count). The first-order valence-electron chi connectivity index (χ1n) is 7.16. The number of pyridine rings is 2. The number of fused-ring (bicyclic) bond motifs is 1. The average Bonchev–Trinajstić information content (AvgIpc) is 3.19. The second-order valence-electron chi connectivity index (χ2n) is 4.94. The van der Waals surface area contributed by atoms with Gasteiger partial charge in [-0.3, -0.25) is 4.98 Å². The molecule has 4 heterocycles. The van der Waals surface area contributed by atoms with Gasteiger partial charge in [-0.05, 0) is 36.8 Å². The third-order valence-electron chi connectivity index (χ3n) is 3.50. The summed E-state index contributed by atoms with van der Waals surface area (Å²) in [6.45, 7) is 2.08. The van der Waals surface area contributed by atoms with Gasteiger partial charge in [0.05, 0.1) is 11.4 Å². The van der Waals surface area contributed by atoms with Crippen molar-refractivity contribution < 1.29 is 0 Å². The first-order valence-corrected chi connectivity index (χ1v) is 7.16. The summed E-state index contributed by atoms with van der Waals surface area (Å²) in [5, 5.41) is 9.12. The molecule has 6 nitrogen and oxygen atoms in total. The predicted octanol–water partition coefficient (Wildman–Crippen LogP) is 2.54. The first kappa shape index (κ1) is 12.7. The molecule has 0 saturated heterocycles. The molecule has 0 radical (unpaired) electrons. The molecule has 0 amide bonds. The van der Waals surface area contributed by atoms with Gasteiger partial charge in [0.15, 0.2) is 5.65 Å². The Morgan fingerprint density at radius 1 is 1.09 bits per heavy atom. The van der Waals surface area contributed by atoms with E-state index in [1.165, 1.54) is 0 Å². The summed E-state index contributed by atoms with van der Waals surface area (Å²) < 4.78 is 3.53. The summed E-state index contributed by atoms with van der Waals surface area (Å²) in [7, 11) is 0. The van der Waals surface area contributed by atoms with Crippen molar-refractivity contribution >= 4 is 5.65 Å². The quantitative estimate of drug-likeness (QED) is 0.582. The van der Waals surface area contributed by atoms with Crippen LogP contribution in [-0.4, -0.2) is 29.4 Å². The Bertz CT molecular complexity index is 889. The molecule has 0 unspecified atom stereocenters. The van der Waals surface area contributed by atoms with Gasteiger partial charge in [0.1, 0.15) is 0 Å². The highest BCUT2D eigenvalue weighted by molar-refractivity contribution is 5.60. The smallest absolute Gasteiger partial charge is 0.264 e. The van der Waals surface area contributed by atoms with E-state index in [1.807, 2.05) is 42.7 Å². The lowest BCUT2D eigenvalue weighted by Gasteiger charge is -2.02. The minimum atomic E-state index is 0.560. The van der Waals surface area contributed by atoms with Crippen LogP contribution in [-0.2, 0) is 6.42 Å². The zero-order valence-electron chi connectivity index (χ0n) is 12.1. The molecule has 108 valence electrons. The van der Waals surface area contributed by atoms with Gasteiger partial charge in [-0.1, -0.05) is 13.0 Å². The van der Waals surface area contributed by atoms with Crippen molar-refractivity contribution in [3.8, 4) is 17.2 Å². The topological polar surface area (TPSA) is 60.9 Å². The van der Waals surface area contributed by atoms with Crippen molar-refractivity contribution in [2.24, 2.45) is 0 Å². The lowest BCUT2D eigenvalue weighted by atomic mass is 10.2. The zero-order chi connectivity index (χ0) is 14.9. The van der Waals surface area contributed by atoms with E-state index >= 15 is 0 Å². The van der Waals surface area contributed by atoms with E-state index < -0.39 is 0 Å². The second kappa shape index (κ2) is 5.07. The molecule has 0 spiro atoms. The standard InChI is InChI=1S/C16H14N6/c1-2-13-10-14(12-6-5-8-17-11-12)22(19-13)16-18-15-7-3-4-9-21(15)20-16/h3-11H,2H2,1H3. The molecule has 0 N–H and O–H groups in total. The van der Waals surface area contributed by atoms with E-state index in [4.69, 9.17) is 0 Å². The Morgan fingerprint density at radius 3 is 2.82 bits per heavy atom. The van der Waals surface area contributed by atoms with Crippen LogP contribution in [0.1, 0.15) is 12.6 Å². The van der Waals surface area contributed by atoms with Gasteiger partial charge in [0, 0.05) is 24.2 Å². The zero-order valence-corrected chi connectivity index (χ0v) is 12.1. The molecule has 0 aliphatic carbocycles. The molecule has 0 fully saturated rings. The molecule has 0 aromatic carbocycles. The van der Waals surface area contributed by atoms with Crippen molar-refractivity contribution in [3.05, 3.63) is 60.7 Å². The van der Waals surface area contributed by atoms with Crippen LogP contribution in [0.3, 0.4) is 0 Å². The van der Waals surface area contributed by atoms with E-state index in [9.17, 15) is 0 Å². The predicted molar refractivity (Wildman–Crippen MR) is 82.7 cm³/mol. The summed E-state index contributed by atoms with van der Waals surface area (Å²) in [5.41, 5.74) is 3.73. The highest BCUT2D eigenvalue weighted by Gasteiger charge is 2.14. The van der Waals surface area contributed by atoms with E-state index in [-0.39, 0.29) is 0 Å². The Labute approximate surface area is 127 Å². The molecule has 0 saturated carbocycles. The second-order valence-corrected chi connectivity index (χ2v) is 4.94.